The zero-order valence-corrected chi connectivity index (χ0v) is 10.2. The van der Waals surface area contributed by atoms with Crippen molar-refractivity contribution in [3.8, 4) is 6.07 Å². The molecule has 1 rings (SSSR count). The van der Waals surface area contributed by atoms with E-state index in [4.69, 9.17) is 5.26 Å². The van der Waals surface area contributed by atoms with Crippen molar-refractivity contribution in [2.24, 2.45) is 0 Å². The SMILES string of the molecule is CC(C)(C)c1ccc(C#N)c(I)c1. The molecule has 0 unspecified atom stereocenters. The Balaban J connectivity index is 3.20. The van der Waals surface area contributed by atoms with Gasteiger partial charge in [0.1, 0.15) is 6.07 Å². The second kappa shape index (κ2) is 3.67. The van der Waals surface area contributed by atoms with E-state index in [9.17, 15) is 0 Å². The predicted molar refractivity (Wildman–Crippen MR) is 62.6 cm³/mol. The van der Waals surface area contributed by atoms with Crippen LogP contribution in [0.5, 0.6) is 0 Å². The summed E-state index contributed by atoms with van der Waals surface area (Å²) in [6.07, 6.45) is 0. The van der Waals surface area contributed by atoms with Crippen molar-refractivity contribution >= 4 is 22.6 Å². The Kier molecular flexibility index (Phi) is 2.97. The summed E-state index contributed by atoms with van der Waals surface area (Å²) in [5.41, 5.74) is 2.19. The highest BCUT2D eigenvalue weighted by Gasteiger charge is 2.14. The van der Waals surface area contributed by atoms with Crippen molar-refractivity contribution in [3.05, 3.63) is 32.9 Å². The second-order valence-electron chi connectivity index (χ2n) is 4.06. The molecule has 0 bridgehead atoms. The number of benzene rings is 1. The Morgan fingerprint density at radius 3 is 2.31 bits per heavy atom. The van der Waals surface area contributed by atoms with Gasteiger partial charge in [0.25, 0.3) is 0 Å². The van der Waals surface area contributed by atoms with E-state index in [0.717, 1.165) is 9.13 Å². The Hall–Kier alpha value is -0.560. The molecule has 0 N–H and O–H groups in total. The standard InChI is InChI=1S/C11H12IN/c1-11(2,3)9-5-4-8(7-13)10(12)6-9/h4-6H,1-3H3. The lowest BCUT2D eigenvalue weighted by Gasteiger charge is -2.19. The fourth-order valence-corrected chi connectivity index (χ4v) is 1.71. The van der Waals surface area contributed by atoms with Gasteiger partial charge in [-0.3, -0.25) is 0 Å². The van der Waals surface area contributed by atoms with Crippen LogP contribution in [0.3, 0.4) is 0 Å². The van der Waals surface area contributed by atoms with Gasteiger partial charge in [0, 0.05) is 3.57 Å². The van der Waals surface area contributed by atoms with Gasteiger partial charge in [0.15, 0.2) is 0 Å². The van der Waals surface area contributed by atoms with Crippen molar-refractivity contribution in [2.45, 2.75) is 26.2 Å². The normalized spacial score (nSPS) is 11.0. The summed E-state index contributed by atoms with van der Waals surface area (Å²) in [7, 11) is 0. The minimum atomic E-state index is 0.161. The Morgan fingerprint density at radius 1 is 1.31 bits per heavy atom. The van der Waals surface area contributed by atoms with Crippen molar-refractivity contribution < 1.29 is 0 Å². The summed E-state index contributed by atoms with van der Waals surface area (Å²) in [6.45, 7) is 6.51. The maximum atomic E-state index is 8.76. The fraction of sp³-hybridized carbons (Fsp3) is 0.364. The van der Waals surface area contributed by atoms with E-state index in [-0.39, 0.29) is 5.41 Å². The van der Waals surface area contributed by atoms with Crippen LogP contribution in [-0.4, -0.2) is 0 Å². The number of nitriles is 1. The van der Waals surface area contributed by atoms with E-state index in [0.29, 0.717) is 0 Å². The van der Waals surface area contributed by atoms with Gasteiger partial charge in [0.2, 0.25) is 0 Å². The van der Waals surface area contributed by atoms with Crippen LogP contribution in [0.2, 0.25) is 0 Å². The number of nitrogens with zero attached hydrogens (tertiary/aromatic N) is 1. The lowest BCUT2D eigenvalue weighted by Crippen LogP contribution is -2.11. The number of hydrogen-bond donors (Lipinski definition) is 0. The van der Waals surface area contributed by atoms with Crippen molar-refractivity contribution in [1.29, 1.82) is 5.26 Å². The maximum absolute atomic E-state index is 8.76. The smallest absolute Gasteiger partial charge is 0.100 e. The Morgan fingerprint density at radius 2 is 1.92 bits per heavy atom. The summed E-state index contributed by atoms with van der Waals surface area (Å²) in [6, 6.07) is 8.17. The minimum Gasteiger partial charge on any atom is -0.192 e. The third kappa shape index (κ3) is 2.44. The Bertz CT molecular complexity index is 355. The first-order valence-electron chi connectivity index (χ1n) is 4.15. The van der Waals surface area contributed by atoms with E-state index >= 15 is 0 Å². The highest BCUT2D eigenvalue weighted by molar-refractivity contribution is 14.1. The first kappa shape index (κ1) is 10.5. The van der Waals surface area contributed by atoms with Crippen molar-refractivity contribution in [1.82, 2.24) is 0 Å². The molecule has 0 saturated heterocycles. The van der Waals surface area contributed by atoms with Gasteiger partial charge in [0.05, 0.1) is 5.56 Å². The van der Waals surface area contributed by atoms with E-state index < -0.39 is 0 Å². The first-order valence-corrected chi connectivity index (χ1v) is 5.23. The molecular weight excluding hydrogens is 273 g/mol. The molecule has 0 aliphatic heterocycles. The average molecular weight is 285 g/mol. The van der Waals surface area contributed by atoms with Gasteiger partial charge in [-0.2, -0.15) is 5.26 Å². The first-order chi connectivity index (χ1) is 5.95. The molecule has 13 heavy (non-hydrogen) atoms. The summed E-state index contributed by atoms with van der Waals surface area (Å²) < 4.78 is 1.03. The molecule has 0 heterocycles. The zero-order chi connectivity index (χ0) is 10.1. The van der Waals surface area contributed by atoms with Gasteiger partial charge in [-0.05, 0) is 45.7 Å². The van der Waals surface area contributed by atoms with Gasteiger partial charge >= 0.3 is 0 Å². The number of halogens is 1. The van der Waals surface area contributed by atoms with E-state index in [1.54, 1.807) is 0 Å². The summed E-state index contributed by atoms with van der Waals surface area (Å²) >= 11 is 2.20. The summed E-state index contributed by atoms with van der Waals surface area (Å²) in [5.74, 6) is 0. The third-order valence-electron chi connectivity index (χ3n) is 1.96. The molecule has 0 fully saturated rings. The van der Waals surface area contributed by atoms with Crippen LogP contribution in [0.1, 0.15) is 31.9 Å². The molecule has 0 atom stereocenters. The summed E-state index contributed by atoms with van der Waals surface area (Å²) in [5, 5.41) is 8.76. The van der Waals surface area contributed by atoms with E-state index in [2.05, 4.69) is 55.5 Å². The monoisotopic (exact) mass is 285 g/mol. The van der Waals surface area contributed by atoms with Gasteiger partial charge in [-0.15, -0.1) is 0 Å². The largest absolute Gasteiger partial charge is 0.192 e. The average Bonchev–Trinajstić information content (AvgIpc) is 2.02. The zero-order valence-electron chi connectivity index (χ0n) is 8.06. The fourth-order valence-electron chi connectivity index (χ4n) is 1.07. The van der Waals surface area contributed by atoms with Gasteiger partial charge in [-0.1, -0.05) is 26.8 Å². The maximum Gasteiger partial charge on any atom is 0.100 e. The van der Waals surface area contributed by atoms with Crippen LogP contribution in [0.15, 0.2) is 18.2 Å². The lowest BCUT2D eigenvalue weighted by molar-refractivity contribution is 0.590. The molecule has 0 aliphatic rings. The topological polar surface area (TPSA) is 23.8 Å². The summed E-state index contributed by atoms with van der Waals surface area (Å²) in [4.78, 5) is 0. The van der Waals surface area contributed by atoms with Crippen LogP contribution in [-0.2, 0) is 5.41 Å². The van der Waals surface area contributed by atoms with Crippen LogP contribution in [0.25, 0.3) is 0 Å². The predicted octanol–water partition coefficient (Wildman–Crippen LogP) is 3.46. The molecule has 0 aliphatic carbocycles. The molecule has 0 spiro atoms. The molecular formula is C11H12IN. The molecule has 1 aromatic carbocycles. The molecule has 2 heteroatoms. The number of rotatable bonds is 0. The van der Waals surface area contributed by atoms with Crippen molar-refractivity contribution in [2.75, 3.05) is 0 Å². The second-order valence-corrected chi connectivity index (χ2v) is 5.22. The highest BCUT2D eigenvalue weighted by atomic mass is 127. The highest BCUT2D eigenvalue weighted by Crippen LogP contribution is 2.24. The molecule has 1 nitrogen and oxygen atoms in total. The third-order valence-corrected chi connectivity index (χ3v) is 2.85. The lowest BCUT2D eigenvalue weighted by atomic mass is 9.87. The minimum absolute atomic E-state index is 0.161. The van der Waals surface area contributed by atoms with Crippen LogP contribution >= 0.6 is 22.6 Å². The Labute approximate surface area is 92.9 Å². The van der Waals surface area contributed by atoms with Gasteiger partial charge in [-0.25, -0.2) is 0 Å². The van der Waals surface area contributed by atoms with Gasteiger partial charge < -0.3 is 0 Å². The molecule has 0 radical (unpaired) electrons. The van der Waals surface area contributed by atoms with Crippen LogP contribution < -0.4 is 0 Å². The molecule has 1 aromatic rings. The van der Waals surface area contributed by atoms with Crippen LogP contribution in [0, 0.1) is 14.9 Å². The van der Waals surface area contributed by atoms with Crippen LogP contribution in [0.4, 0.5) is 0 Å². The quantitative estimate of drug-likeness (QED) is 0.670. The molecule has 0 saturated carbocycles. The molecule has 0 amide bonds. The van der Waals surface area contributed by atoms with E-state index in [1.807, 2.05) is 12.1 Å². The molecule has 0 aromatic heterocycles. The van der Waals surface area contributed by atoms with E-state index in [1.165, 1.54) is 5.56 Å². The number of hydrogen-bond acceptors (Lipinski definition) is 1. The molecule has 68 valence electrons. The van der Waals surface area contributed by atoms with Crippen molar-refractivity contribution in [3.63, 3.8) is 0 Å².